The molecule has 4 nitrogen and oxygen atoms in total. The Morgan fingerprint density at radius 1 is 1.38 bits per heavy atom. The van der Waals surface area contributed by atoms with Crippen molar-refractivity contribution in [1.82, 2.24) is 5.32 Å². The first-order valence-corrected chi connectivity index (χ1v) is 4.59. The van der Waals surface area contributed by atoms with Crippen molar-refractivity contribution in [2.75, 3.05) is 0 Å². The largest absolute Gasteiger partial charge is 0.481 e. The number of aliphatic carboxylic acids is 1. The standard InChI is InChI=1S/C9H15NO3/c1-6-4-7(5-6)10-8(11)2-3-9(12)13/h6-7H,2-5H2,1H3,(H,10,11)(H,12,13). The SMILES string of the molecule is CC1CC(NC(=O)CCC(=O)O)C1. The number of amides is 1. The molecule has 0 spiro atoms. The smallest absolute Gasteiger partial charge is 0.303 e. The molecule has 0 aromatic rings. The fourth-order valence-electron chi connectivity index (χ4n) is 1.54. The van der Waals surface area contributed by atoms with Crippen molar-refractivity contribution in [2.45, 2.75) is 38.6 Å². The molecule has 0 heterocycles. The van der Waals surface area contributed by atoms with Crippen molar-refractivity contribution in [3.05, 3.63) is 0 Å². The number of hydrogen-bond donors (Lipinski definition) is 2. The van der Waals surface area contributed by atoms with E-state index in [1.807, 2.05) is 0 Å². The van der Waals surface area contributed by atoms with E-state index in [9.17, 15) is 9.59 Å². The Hall–Kier alpha value is -1.06. The lowest BCUT2D eigenvalue weighted by Gasteiger charge is -2.33. The second kappa shape index (κ2) is 4.25. The Kier molecular flexibility index (Phi) is 3.28. The molecule has 0 aliphatic heterocycles. The summed E-state index contributed by atoms with van der Waals surface area (Å²) >= 11 is 0. The van der Waals surface area contributed by atoms with Crippen LogP contribution < -0.4 is 5.32 Å². The van der Waals surface area contributed by atoms with Crippen LogP contribution in [0.4, 0.5) is 0 Å². The minimum Gasteiger partial charge on any atom is -0.481 e. The molecule has 0 aromatic carbocycles. The zero-order chi connectivity index (χ0) is 9.84. The molecule has 1 aliphatic carbocycles. The highest BCUT2D eigenvalue weighted by Crippen LogP contribution is 2.26. The van der Waals surface area contributed by atoms with E-state index in [4.69, 9.17) is 5.11 Å². The molecule has 2 N–H and O–H groups in total. The summed E-state index contributed by atoms with van der Waals surface area (Å²) in [5.74, 6) is -0.360. The van der Waals surface area contributed by atoms with Crippen molar-refractivity contribution in [3.8, 4) is 0 Å². The lowest BCUT2D eigenvalue weighted by Crippen LogP contribution is -2.43. The van der Waals surface area contributed by atoms with E-state index in [-0.39, 0.29) is 24.8 Å². The number of carboxylic acids is 1. The van der Waals surface area contributed by atoms with E-state index in [0.717, 1.165) is 12.8 Å². The number of carbonyl (C=O) groups is 2. The Morgan fingerprint density at radius 3 is 2.46 bits per heavy atom. The van der Waals surface area contributed by atoms with Crippen LogP contribution in [-0.4, -0.2) is 23.0 Å². The first-order chi connectivity index (χ1) is 6.08. The van der Waals surface area contributed by atoms with E-state index >= 15 is 0 Å². The number of carboxylic acid groups (broad SMARTS) is 1. The zero-order valence-electron chi connectivity index (χ0n) is 7.75. The van der Waals surface area contributed by atoms with Crippen molar-refractivity contribution < 1.29 is 14.7 Å². The molecule has 1 rings (SSSR count). The second-order valence-corrected chi connectivity index (χ2v) is 3.73. The van der Waals surface area contributed by atoms with Gasteiger partial charge in [0.15, 0.2) is 0 Å². The summed E-state index contributed by atoms with van der Waals surface area (Å²) in [5, 5.41) is 11.1. The topological polar surface area (TPSA) is 66.4 Å². The van der Waals surface area contributed by atoms with E-state index < -0.39 is 5.97 Å². The summed E-state index contributed by atoms with van der Waals surface area (Å²) in [4.78, 5) is 21.2. The fraction of sp³-hybridized carbons (Fsp3) is 0.778. The molecule has 0 aromatic heterocycles. The molecule has 1 amide bonds. The van der Waals surface area contributed by atoms with Crippen molar-refractivity contribution in [3.63, 3.8) is 0 Å². The highest BCUT2D eigenvalue weighted by atomic mass is 16.4. The molecule has 74 valence electrons. The average molecular weight is 185 g/mol. The van der Waals surface area contributed by atoms with Crippen LogP contribution in [0.25, 0.3) is 0 Å². The Bertz CT molecular complexity index is 209. The molecule has 4 heteroatoms. The maximum Gasteiger partial charge on any atom is 0.303 e. The van der Waals surface area contributed by atoms with E-state index in [1.165, 1.54) is 0 Å². The predicted molar refractivity (Wildman–Crippen MR) is 47.2 cm³/mol. The highest BCUT2D eigenvalue weighted by Gasteiger charge is 2.26. The summed E-state index contributed by atoms with van der Waals surface area (Å²) in [5.41, 5.74) is 0. The molecule has 13 heavy (non-hydrogen) atoms. The molecule has 0 atom stereocenters. The minimum atomic E-state index is -0.919. The average Bonchev–Trinajstić information content (AvgIpc) is 1.98. The minimum absolute atomic E-state index is 0.0753. The molecule has 0 unspecified atom stereocenters. The Labute approximate surface area is 77.3 Å². The Morgan fingerprint density at radius 2 is 2.00 bits per heavy atom. The maximum absolute atomic E-state index is 11.1. The van der Waals surface area contributed by atoms with Gasteiger partial charge in [-0.05, 0) is 18.8 Å². The van der Waals surface area contributed by atoms with Gasteiger partial charge in [0.1, 0.15) is 0 Å². The molecular weight excluding hydrogens is 170 g/mol. The first kappa shape index (κ1) is 10.0. The van der Waals surface area contributed by atoms with Crippen LogP contribution in [0.5, 0.6) is 0 Å². The second-order valence-electron chi connectivity index (χ2n) is 3.73. The predicted octanol–water partition coefficient (Wildman–Crippen LogP) is 0.766. The molecule has 0 saturated heterocycles. The van der Waals surface area contributed by atoms with Gasteiger partial charge in [-0.1, -0.05) is 6.92 Å². The van der Waals surface area contributed by atoms with E-state index in [0.29, 0.717) is 5.92 Å². The lowest BCUT2D eigenvalue weighted by atomic mass is 9.82. The molecular formula is C9H15NO3. The number of nitrogens with one attached hydrogen (secondary N) is 1. The van der Waals surface area contributed by atoms with Crippen LogP contribution in [0.15, 0.2) is 0 Å². The third-order valence-electron chi connectivity index (χ3n) is 2.30. The molecule has 1 saturated carbocycles. The van der Waals surface area contributed by atoms with Crippen LogP contribution in [0.2, 0.25) is 0 Å². The number of hydrogen-bond acceptors (Lipinski definition) is 2. The van der Waals surface area contributed by atoms with E-state index in [1.54, 1.807) is 0 Å². The van der Waals surface area contributed by atoms with Crippen LogP contribution in [0, 0.1) is 5.92 Å². The highest BCUT2D eigenvalue weighted by molar-refractivity contribution is 5.80. The summed E-state index contributed by atoms with van der Waals surface area (Å²) in [7, 11) is 0. The molecule has 1 fully saturated rings. The third kappa shape index (κ3) is 3.44. The number of rotatable bonds is 4. The quantitative estimate of drug-likeness (QED) is 0.679. The fourth-order valence-corrected chi connectivity index (χ4v) is 1.54. The summed E-state index contributed by atoms with van der Waals surface area (Å²) in [6, 6.07) is 0.288. The van der Waals surface area contributed by atoms with Gasteiger partial charge in [0, 0.05) is 12.5 Å². The van der Waals surface area contributed by atoms with Gasteiger partial charge in [-0.25, -0.2) is 0 Å². The third-order valence-corrected chi connectivity index (χ3v) is 2.30. The molecule has 0 radical (unpaired) electrons. The van der Waals surface area contributed by atoms with Crippen LogP contribution in [-0.2, 0) is 9.59 Å². The number of carbonyl (C=O) groups excluding carboxylic acids is 1. The van der Waals surface area contributed by atoms with Gasteiger partial charge in [0.25, 0.3) is 0 Å². The first-order valence-electron chi connectivity index (χ1n) is 4.59. The van der Waals surface area contributed by atoms with Crippen LogP contribution >= 0.6 is 0 Å². The zero-order valence-corrected chi connectivity index (χ0v) is 7.75. The van der Waals surface area contributed by atoms with Gasteiger partial charge < -0.3 is 10.4 Å². The van der Waals surface area contributed by atoms with Gasteiger partial charge in [-0.2, -0.15) is 0 Å². The van der Waals surface area contributed by atoms with Crippen LogP contribution in [0.1, 0.15) is 32.6 Å². The lowest BCUT2D eigenvalue weighted by molar-refractivity contribution is -0.139. The maximum atomic E-state index is 11.1. The van der Waals surface area contributed by atoms with Gasteiger partial charge >= 0.3 is 5.97 Å². The summed E-state index contributed by atoms with van der Waals surface area (Å²) in [6.07, 6.45) is 2.08. The van der Waals surface area contributed by atoms with Gasteiger partial charge in [0.05, 0.1) is 6.42 Å². The summed E-state index contributed by atoms with van der Waals surface area (Å²) in [6.45, 7) is 2.14. The normalized spacial score (nSPS) is 26.2. The van der Waals surface area contributed by atoms with Crippen LogP contribution in [0.3, 0.4) is 0 Å². The van der Waals surface area contributed by atoms with E-state index in [2.05, 4.69) is 12.2 Å². The summed E-state index contributed by atoms with van der Waals surface area (Å²) < 4.78 is 0. The monoisotopic (exact) mass is 185 g/mol. The molecule has 1 aliphatic rings. The van der Waals surface area contributed by atoms with Crippen molar-refractivity contribution >= 4 is 11.9 Å². The molecule has 0 bridgehead atoms. The van der Waals surface area contributed by atoms with Gasteiger partial charge in [0.2, 0.25) is 5.91 Å². The van der Waals surface area contributed by atoms with Crippen molar-refractivity contribution in [1.29, 1.82) is 0 Å². The Balaban J connectivity index is 2.08. The van der Waals surface area contributed by atoms with Gasteiger partial charge in [-0.3, -0.25) is 9.59 Å². The van der Waals surface area contributed by atoms with Crippen molar-refractivity contribution in [2.24, 2.45) is 5.92 Å². The van der Waals surface area contributed by atoms with Gasteiger partial charge in [-0.15, -0.1) is 0 Å².